The van der Waals surface area contributed by atoms with Crippen LogP contribution in [0.5, 0.6) is 11.5 Å². The number of nitrogens with one attached hydrogen (secondary N) is 2. The quantitative estimate of drug-likeness (QED) is 0.0571. The van der Waals surface area contributed by atoms with Gasteiger partial charge < -0.3 is 30.3 Å². The highest BCUT2D eigenvalue weighted by molar-refractivity contribution is 6.12. The molecule has 0 unspecified atom stereocenters. The number of halogens is 1. The van der Waals surface area contributed by atoms with Crippen LogP contribution in [0.4, 0.5) is 15.8 Å². The van der Waals surface area contributed by atoms with E-state index in [9.17, 15) is 4.79 Å². The molecule has 2 aliphatic heterocycles. The fourth-order valence-electron chi connectivity index (χ4n) is 5.35. The Morgan fingerprint density at radius 2 is 2.04 bits per heavy atom. The molecule has 0 saturated heterocycles. The molecule has 0 saturated carbocycles. The molecule has 48 heavy (non-hydrogen) atoms. The zero-order valence-electron chi connectivity index (χ0n) is 28.6. The Kier molecular flexibility index (Phi) is 12.3. The average molecular weight is 658 g/mol. The molecule has 0 atom stereocenters. The minimum absolute atomic E-state index is 0.0180. The number of ether oxygens (including phenoxy) is 2. The van der Waals surface area contributed by atoms with Crippen molar-refractivity contribution in [3.8, 4) is 11.5 Å². The third-order valence-corrected chi connectivity index (χ3v) is 7.65. The number of rotatable bonds is 12. The van der Waals surface area contributed by atoms with Gasteiger partial charge in [0.15, 0.2) is 19.0 Å². The SMILES string of the molecule is C=CN=C(Nc1ccc(OC(/C=C\N/N=C\N)=C/C(C)C)c(C)c1F)c1c(C)ccc2c1OCC1=[N+]2CCN(C(=O)/C=C/CN(C)C)C1. The van der Waals surface area contributed by atoms with Crippen molar-refractivity contribution in [2.24, 2.45) is 21.7 Å². The molecule has 12 heteroatoms. The van der Waals surface area contributed by atoms with Gasteiger partial charge in [0.1, 0.15) is 30.2 Å². The van der Waals surface area contributed by atoms with E-state index >= 15 is 4.39 Å². The van der Waals surface area contributed by atoms with Crippen molar-refractivity contribution in [2.75, 3.05) is 52.2 Å². The first-order valence-electron chi connectivity index (χ1n) is 15.8. The number of amidine groups is 1. The number of hydrogen-bond donors (Lipinski definition) is 3. The van der Waals surface area contributed by atoms with Crippen LogP contribution in [0, 0.1) is 25.6 Å². The summed E-state index contributed by atoms with van der Waals surface area (Å²) in [6.45, 7) is 14.1. The van der Waals surface area contributed by atoms with Gasteiger partial charge in [-0.25, -0.2) is 9.38 Å². The Hall–Kier alpha value is -5.23. The summed E-state index contributed by atoms with van der Waals surface area (Å²) in [7, 11) is 3.92. The first-order chi connectivity index (χ1) is 23.0. The van der Waals surface area contributed by atoms with Crippen LogP contribution in [0.15, 0.2) is 83.4 Å². The third kappa shape index (κ3) is 8.77. The fraction of sp³-hybridized carbons (Fsp3) is 0.333. The fourth-order valence-corrected chi connectivity index (χ4v) is 5.35. The number of anilines is 1. The Balaban J connectivity index is 1.61. The topological polar surface area (TPSA) is 120 Å². The molecule has 2 aliphatic rings. The van der Waals surface area contributed by atoms with Crippen LogP contribution in [0.3, 0.4) is 0 Å². The van der Waals surface area contributed by atoms with Crippen LogP contribution in [-0.2, 0) is 4.79 Å². The van der Waals surface area contributed by atoms with Gasteiger partial charge in [-0.3, -0.25) is 10.2 Å². The molecule has 4 N–H and O–H groups in total. The Morgan fingerprint density at radius 3 is 2.75 bits per heavy atom. The van der Waals surface area contributed by atoms with Crippen molar-refractivity contribution >= 4 is 35.2 Å². The van der Waals surface area contributed by atoms with Crippen LogP contribution in [0.25, 0.3) is 0 Å². The van der Waals surface area contributed by atoms with Gasteiger partial charge >= 0.3 is 0 Å². The third-order valence-electron chi connectivity index (χ3n) is 7.65. The number of benzene rings is 2. The number of nitrogens with two attached hydrogens (primary N) is 1. The second-order valence-corrected chi connectivity index (χ2v) is 12.0. The number of hydrazone groups is 1. The van der Waals surface area contributed by atoms with Crippen molar-refractivity contribution in [3.05, 3.63) is 95.8 Å². The standard InChI is InChI=1S/C36H46FN8O3/c1-8-39-36(42-29-12-14-31(26(5)34(29)37)48-28(20-24(2)3)15-16-40-41-23-38)33-25(4)11-13-30-35(33)47-22-27-21-44(18-19-45(27)30)32(46)10-9-17-43(6)7/h8-16,20,23-24,40H,1,17-19,21-22H2,2-7H3,(H2,38,41)(H,39,42)/q+1/b10-9+,16-15-,28-20+. The second-order valence-electron chi connectivity index (χ2n) is 12.0. The summed E-state index contributed by atoms with van der Waals surface area (Å²) in [5, 5.41) is 6.92. The number of aliphatic imine (C=N–C) groups is 1. The number of fused-ring (bicyclic) bond motifs is 2. The van der Waals surface area contributed by atoms with E-state index in [-0.39, 0.29) is 17.5 Å². The maximum absolute atomic E-state index is 15.9. The predicted octanol–water partition coefficient (Wildman–Crippen LogP) is 4.81. The molecule has 0 aromatic heterocycles. The summed E-state index contributed by atoms with van der Waals surface area (Å²) in [5.41, 5.74) is 11.9. The zero-order valence-corrected chi connectivity index (χ0v) is 28.6. The molecule has 11 nitrogen and oxygen atoms in total. The van der Waals surface area contributed by atoms with E-state index in [0.717, 1.165) is 23.3 Å². The van der Waals surface area contributed by atoms with E-state index < -0.39 is 5.82 Å². The van der Waals surface area contributed by atoms with E-state index in [4.69, 9.17) is 15.2 Å². The molecule has 4 rings (SSSR count). The number of hydrogen-bond acceptors (Lipinski definition) is 7. The highest BCUT2D eigenvalue weighted by Gasteiger charge is 2.37. The number of carbonyl (C=O) groups is 1. The van der Waals surface area contributed by atoms with Gasteiger partial charge in [0.2, 0.25) is 23.1 Å². The molecular weight excluding hydrogens is 611 g/mol. The van der Waals surface area contributed by atoms with Gasteiger partial charge in [0.05, 0.1) is 17.8 Å². The minimum Gasteiger partial charge on any atom is -0.475 e. The largest absolute Gasteiger partial charge is 0.475 e. The van der Waals surface area contributed by atoms with Crippen molar-refractivity contribution < 1.29 is 23.2 Å². The molecule has 0 bridgehead atoms. The van der Waals surface area contributed by atoms with Gasteiger partial charge in [-0.2, -0.15) is 9.68 Å². The molecular formula is C36H46FN8O3+. The molecule has 2 aromatic rings. The van der Waals surface area contributed by atoms with E-state index in [2.05, 4.69) is 32.0 Å². The number of aryl methyl sites for hydroxylation is 1. The van der Waals surface area contributed by atoms with E-state index in [1.165, 1.54) is 6.20 Å². The molecule has 0 fully saturated rings. The average Bonchev–Trinajstić information content (AvgIpc) is 3.05. The van der Waals surface area contributed by atoms with Crippen LogP contribution in [0.2, 0.25) is 0 Å². The lowest BCUT2D eigenvalue weighted by Gasteiger charge is -2.29. The van der Waals surface area contributed by atoms with Crippen LogP contribution < -0.4 is 25.9 Å². The van der Waals surface area contributed by atoms with E-state index in [1.807, 2.05) is 69.0 Å². The van der Waals surface area contributed by atoms with Crippen molar-refractivity contribution in [1.82, 2.24) is 15.2 Å². The molecule has 1 amide bonds. The van der Waals surface area contributed by atoms with Crippen LogP contribution in [0.1, 0.15) is 30.5 Å². The number of nitrogens with zero attached hydrogens (tertiary/aromatic N) is 5. The number of likely N-dealkylation sites (N-methyl/N-ethyl adjacent to an activating group) is 1. The predicted molar refractivity (Wildman–Crippen MR) is 191 cm³/mol. The maximum atomic E-state index is 15.9. The summed E-state index contributed by atoms with van der Waals surface area (Å²) in [4.78, 5) is 21.2. The molecule has 0 aliphatic carbocycles. The first kappa shape index (κ1) is 35.6. The lowest BCUT2D eigenvalue weighted by molar-refractivity contribution is -0.453. The monoisotopic (exact) mass is 657 g/mol. The Labute approximate surface area is 282 Å². The molecule has 0 radical (unpaired) electrons. The minimum atomic E-state index is -0.484. The van der Waals surface area contributed by atoms with Crippen molar-refractivity contribution in [1.29, 1.82) is 0 Å². The Morgan fingerprint density at radius 1 is 1.25 bits per heavy atom. The maximum Gasteiger partial charge on any atom is 0.248 e. The van der Waals surface area contributed by atoms with Gasteiger partial charge in [0, 0.05) is 36.7 Å². The lowest BCUT2D eigenvalue weighted by atomic mass is 10.0. The smallest absolute Gasteiger partial charge is 0.248 e. The van der Waals surface area contributed by atoms with Crippen LogP contribution in [-0.4, -0.2) is 85.0 Å². The zero-order chi connectivity index (χ0) is 34.8. The summed E-state index contributed by atoms with van der Waals surface area (Å²) < 4.78 is 30.6. The summed E-state index contributed by atoms with van der Waals surface area (Å²) in [5.74, 6) is 1.60. The summed E-state index contributed by atoms with van der Waals surface area (Å²) in [6, 6.07) is 7.33. The normalized spacial score (nSPS) is 15.4. The van der Waals surface area contributed by atoms with Gasteiger partial charge in [-0.05, 0) is 63.7 Å². The van der Waals surface area contributed by atoms with Gasteiger partial charge in [0.25, 0.3) is 0 Å². The van der Waals surface area contributed by atoms with E-state index in [0.29, 0.717) is 67.0 Å². The van der Waals surface area contributed by atoms with Gasteiger partial charge in [-0.15, -0.1) is 0 Å². The number of amides is 1. The second kappa shape index (κ2) is 16.6. The summed E-state index contributed by atoms with van der Waals surface area (Å²) >= 11 is 0. The van der Waals surface area contributed by atoms with Crippen molar-refractivity contribution in [3.63, 3.8) is 0 Å². The van der Waals surface area contributed by atoms with Gasteiger partial charge in [-0.1, -0.05) is 32.6 Å². The van der Waals surface area contributed by atoms with E-state index in [1.54, 1.807) is 37.4 Å². The molecule has 0 spiro atoms. The Bertz CT molecular complexity index is 1700. The molecule has 254 valence electrons. The number of carbonyl (C=O) groups excluding carboxylic acids is 1. The number of allylic oxidation sites excluding steroid dienone is 2. The molecule has 2 heterocycles. The van der Waals surface area contributed by atoms with Crippen LogP contribution >= 0.6 is 0 Å². The lowest BCUT2D eigenvalue weighted by Crippen LogP contribution is -2.49. The van der Waals surface area contributed by atoms with Crippen molar-refractivity contribution in [2.45, 2.75) is 27.7 Å². The first-order valence-corrected chi connectivity index (χ1v) is 15.8. The summed E-state index contributed by atoms with van der Waals surface area (Å²) in [6.07, 6.45) is 11.2. The highest BCUT2D eigenvalue weighted by Crippen LogP contribution is 2.38. The highest BCUT2D eigenvalue weighted by atomic mass is 19.1. The molecule has 2 aromatic carbocycles.